The van der Waals surface area contributed by atoms with Crippen molar-refractivity contribution in [1.29, 1.82) is 0 Å². The number of nitrogens with one attached hydrogen (secondary N) is 1. The fourth-order valence-corrected chi connectivity index (χ4v) is 4.55. The second kappa shape index (κ2) is 7.96. The molecule has 0 radical (unpaired) electrons. The summed E-state index contributed by atoms with van der Waals surface area (Å²) >= 11 is 7.66. The van der Waals surface area contributed by atoms with Gasteiger partial charge in [0, 0.05) is 17.6 Å². The molecular formula is C23H18ClN4O3S+. The number of amides is 1. The van der Waals surface area contributed by atoms with Crippen LogP contribution >= 0.6 is 23.4 Å². The van der Waals surface area contributed by atoms with Crippen molar-refractivity contribution in [2.75, 3.05) is 11.2 Å². The first-order chi connectivity index (χ1) is 15.5. The SMILES string of the molecule is CSc1n[n+]2c(c(=O)[nH]1)-c1ccccc1N(C(C)=O)C2c1ccc(-c2ccccc2Cl)o1. The molecule has 0 bridgehead atoms. The van der Waals surface area contributed by atoms with Gasteiger partial charge in [-0.25, -0.2) is 4.90 Å². The third-order valence-electron chi connectivity index (χ3n) is 5.31. The third-order valence-corrected chi connectivity index (χ3v) is 6.21. The van der Waals surface area contributed by atoms with Gasteiger partial charge in [0.15, 0.2) is 5.76 Å². The van der Waals surface area contributed by atoms with Gasteiger partial charge in [-0.2, -0.15) is 0 Å². The number of H-pyrrole nitrogens is 1. The van der Waals surface area contributed by atoms with E-state index in [1.54, 1.807) is 33.8 Å². The van der Waals surface area contributed by atoms with Gasteiger partial charge >= 0.3 is 17.4 Å². The van der Waals surface area contributed by atoms with Gasteiger partial charge in [0.2, 0.25) is 11.1 Å². The van der Waals surface area contributed by atoms with Gasteiger partial charge < -0.3 is 4.42 Å². The van der Waals surface area contributed by atoms with Crippen LogP contribution < -0.4 is 15.1 Å². The number of thioether (sulfide) groups is 1. The first-order valence-electron chi connectivity index (χ1n) is 9.83. The van der Waals surface area contributed by atoms with E-state index in [1.807, 2.05) is 42.7 Å². The highest BCUT2D eigenvalue weighted by molar-refractivity contribution is 7.98. The molecule has 160 valence electrons. The molecule has 2 aromatic heterocycles. The number of aromatic amines is 1. The quantitative estimate of drug-likeness (QED) is 0.361. The number of para-hydroxylation sites is 1. The Morgan fingerprint density at radius 1 is 1.12 bits per heavy atom. The third kappa shape index (κ3) is 3.23. The molecule has 32 heavy (non-hydrogen) atoms. The van der Waals surface area contributed by atoms with Crippen LogP contribution in [0.2, 0.25) is 5.02 Å². The van der Waals surface area contributed by atoms with E-state index >= 15 is 0 Å². The van der Waals surface area contributed by atoms with Crippen LogP contribution in [0.3, 0.4) is 0 Å². The number of carbonyl (C=O) groups excluding carboxylic acids is 1. The molecule has 1 aliphatic heterocycles. The van der Waals surface area contributed by atoms with Gasteiger partial charge in [0.05, 0.1) is 16.3 Å². The molecule has 1 aliphatic rings. The first kappa shape index (κ1) is 20.5. The molecule has 0 saturated carbocycles. The maximum Gasteiger partial charge on any atom is 0.325 e. The van der Waals surface area contributed by atoms with Crippen molar-refractivity contribution >= 4 is 35.0 Å². The molecule has 0 spiro atoms. The van der Waals surface area contributed by atoms with E-state index in [0.717, 1.165) is 5.56 Å². The summed E-state index contributed by atoms with van der Waals surface area (Å²) in [6.07, 6.45) is 1.05. The summed E-state index contributed by atoms with van der Waals surface area (Å²) in [6.45, 7) is 1.48. The number of furan rings is 1. The summed E-state index contributed by atoms with van der Waals surface area (Å²) < 4.78 is 7.76. The minimum Gasteiger partial charge on any atom is -0.452 e. The molecule has 5 rings (SSSR count). The maximum absolute atomic E-state index is 13.0. The lowest BCUT2D eigenvalue weighted by atomic mass is 10.0. The Morgan fingerprint density at radius 3 is 2.56 bits per heavy atom. The molecule has 7 nitrogen and oxygen atoms in total. The second-order valence-corrected chi connectivity index (χ2v) is 8.42. The van der Waals surface area contributed by atoms with Gasteiger partial charge in [-0.15, -0.1) is 0 Å². The van der Waals surface area contributed by atoms with Crippen LogP contribution in [-0.4, -0.2) is 22.2 Å². The van der Waals surface area contributed by atoms with Crippen LogP contribution in [0.15, 0.2) is 75.0 Å². The molecule has 1 amide bonds. The zero-order valence-corrected chi connectivity index (χ0v) is 18.8. The van der Waals surface area contributed by atoms with Crippen LogP contribution in [0.1, 0.15) is 18.8 Å². The zero-order valence-electron chi connectivity index (χ0n) is 17.2. The van der Waals surface area contributed by atoms with Gasteiger partial charge in [-0.05, 0) is 47.3 Å². The Bertz CT molecular complexity index is 1410. The minimum absolute atomic E-state index is 0.205. The molecule has 0 fully saturated rings. The van der Waals surface area contributed by atoms with Crippen LogP contribution in [0.4, 0.5) is 5.69 Å². The van der Waals surface area contributed by atoms with Gasteiger partial charge in [0.25, 0.3) is 0 Å². The number of fused-ring (bicyclic) bond motifs is 3. The molecule has 1 atom stereocenters. The largest absolute Gasteiger partial charge is 0.452 e. The Hall–Kier alpha value is -3.36. The Kier molecular flexibility index (Phi) is 5.11. The lowest BCUT2D eigenvalue weighted by molar-refractivity contribution is -0.764. The van der Waals surface area contributed by atoms with Crippen molar-refractivity contribution in [3.05, 3.63) is 81.8 Å². The Labute approximate surface area is 192 Å². The maximum atomic E-state index is 13.0. The second-order valence-electron chi connectivity index (χ2n) is 7.22. The number of anilines is 1. The Morgan fingerprint density at radius 2 is 1.84 bits per heavy atom. The van der Waals surface area contributed by atoms with E-state index < -0.39 is 6.17 Å². The van der Waals surface area contributed by atoms with Crippen molar-refractivity contribution in [2.45, 2.75) is 18.2 Å². The molecule has 0 saturated heterocycles. The molecule has 0 aliphatic carbocycles. The smallest absolute Gasteiger partial charge is 0.325 e. The summed E-state index contributed by atoms with van der Waals surface area (Å²) in [6, 6.07) is 18.2. The van der Waals surface area contributed by atoms with Crippen molar-refractivity contribution in [3.8, 4) is 22.6 Å². The van der Waals surface area contributed by atoms with E-state index in [2.05, 4.69) is 10.1 Å². The zero-order chi connectivity index (χ0) is 22.4. The highest BCUT2D eigenvalue weighted by Crippen LogP contribution is 2.39. The minimum atomic E-state index is -0.776. The predicted molar refractivity (Wildman–Crippen MR) is 123 cm³/mol. The van der Waals surface area contributed by atoms with Gasteiger partial charge in [0.1, 0.15) is 5.76 Å². The number of carbonyl (C=O) groups is 1. The highest BCUT2D eigenvalue weighted by Gasteiger charge is 2.46. The lowest BCUT2D eigenvalue weighted by Crippen LogP contribution is -2.60. The summed E-state index contributed by atoms with van der Waals surface area (Å²) in [5.74, 6) is 0.815. The van der Waals surface area contributed by atoms with E-state index in [9.17, 15) is 9.59 Å². The predicted octanol–water partition coefficient (Wildman–Crippen LogP) is 4.27. The van der Waals surface area contributed by atoms with Crippen LogP contribution in [0.5, 0.6) is 0 Å². The number of benzene rings is 2. The van der Waals surface area contributed by atoms with Crippen LogP contribution in [-0.2, 0) is 4.79 Å². The molecule has 2 aromatic carbocycles. The van der Waals surface area contributed by atoms with Crippen molar-refractivity contribution in [1.82, 2.24) is 10.1 Å². The number of nitrogens with zero attached hydrogens (tertiary/aromatic N) is 3. The molecule has 9 heteroatoms. The lowest BCUT2D eigenvalue weighted by Gasteiger charge is -2.29. The highest BCUT2D eigenvalue weighted by atomic mass is 35.5. The van der Waals surface area contributed by atoms with Gasteiger partial charge in [-0.3, -0.25) is 14.6 Å². The van der Waals surface area contributed by atoms with Crippen molar-refractivity contribution in [3.63, 3.8) is 0 Å². The van der Waals surface area contributed by atoms with Gasteiger partial charge in [-0.1, -0.05) is 47.6 Å². The van der Waals surface area contributed by atoms with Crippen LogP contribution in [0.25, 0.3) is 22.6 Å². The first-order valence-corrected chi connectivity index (χ1v) is 11.4. The fraction of sp³-hybridized carbons (Fsp3) is 0.130. The van der Waals surface area contributed by atoms with E-state index in [0.29, 0.717) is 38.6 Å². The molecule has 1 N–H and O–H groups in total. The summed E-state index contributed by atoms with van der Waals surface area (Å²) in [7, 11) is 0. The van der Waals surface area contributed by atoms with E-state index in [-0.39, 0.29) is 11.5 Å². The van der Waals surface area contributed by atoms with E-state index in [4.69, 9.17) is 16.0 Å². The Balaban J connectivity index is 1.77. The number of aromatic nitrogens is 3. The standard InChI is InChI=1S/C23H17ClN4O3S/c1-13(29)27-17-10-6-4-8-15(17)20-21(30)25-23(32-2)26-28(20)22(27)19-12-11-18(31-19)14-7-3-5-9-16(14)24/h3-12,22H,1-2H3/p+1. The monoisotopic (exact) mass is 465 g/mol. The summed E-state index contributed by atoms with van der Waals surface area (Å²) in [5, 5.41) is 5.61. The average molecular weight is 466 g/mol. The summed E-state index contributed by atoms with van der Waals surface area (Å²) in [5.41, 5.74) is 2.04. The molecular weight excluding hydrogens is 448 g/mol. The van der Waals surface area contributed by atoms with E-state index in [1.165, 1.54) is 18.7 Å². The molecule has 3 heterocycles. The van der Waals surface area contributed by atoms with Crippen molar-refractivity contribution < 1.29 is 13.9 Å². The molecule has 1 unspecified atom stereocenters. The number of rotatable bonds is 3. The van der Waals surface area contributed by atoms with Crippen LogP contribution in [0, 0.1) is 0 Å². The average Bonchev–Trinajstić information content (AvgIpc) is 3.27. The van der Waals surface area contributed by atoms with Crippen molar-refractivity contribution in [2.24, 2.45) is 0 Å². The fourth-order valence-electron chi connectivity index (χ4n) is 3.96. The topological polar surface area (TPSA) is 83.1 Å². The number of hydrogen-bond acceptors (Lipinski definition) is 5. The number of hydrogen-bond donors (Lipinski definition) is 1. The summed E-state index contributed by atoms with van der Waals surface area (Å²) in [4.78, 5) is 30.3. The normalized spacial score (nSPS) is 14.7. The molecule has 4 aromatic rings. The number of halogens is 1.